The lowest BCUT2D eigenvalue weighted by molar-refractivity contribution is 0.102. The third-order valence-electron chi connectivity index (χ3n) is 6.39. The first-order valence-corrected chi connectivity index (χ1v) is 13.9. The van der Waals surface area contributed by atoms with Crippen LogP contribution in [0.4, 0.5) is 23.1 Å². The number of carbonyl (C=O) groups excluding carboxylic acids is 1. The molecule has 2 aromatic rings. The summed E-state index contributed by atoms with van der Waals surface area (Å²) in [6.07, 6.45) is 6.25. The number of hydrogen-bond donors (Lipinski definition) is 4. The van der Waals surface area contributed by atoms with Gasteiger partial charge in [0.2, 0.25) is 16.0 Å². The quantitative estimate of drug-likeness (QED) is 0.481. The number of carbonyl (C=O) groups is 1. The standard InChI is InChI=1S/C24H31N7O4S/c25-15-19-14-22-28-23(33)20-8-7-18(30-36(34,35)12-11-32)13-21(20)31-10-4-6-17(16-31)5-2-1-3-9-26-24(27-19)29-22/h7-8,13-14,17,30,32H,1-6,9-12,16H2,(H2,26,27,28,29,33). The van der Waals surface area contributed by atoms with Crippen LogP contribution in [-0.2, 0) is 10.0 Å². The van der Waals surface area contributed by atoms with Crippen molar-refractivity contribution in [3.05, 3.63) is 35.5 Å². The van der Waals surface area contributed by atoms with Crippen molar-refractivity contribution in [2.24, 2.45) is 5.92 Å². The Kier molecular flexibility index (Phi) is 8.22. The summed E-state index contributed by atoms with van der Waals surface area (Å²) in [5.41, 5.74) is 1.46. The summed E-state index contributed by atoms with van der Waals surface area (Å²) in [4.78, 5) is 24.1. The first-order valence-electron chi connectivity index (χ1n) is 12.2. The Morgan fingerprint density at radius 3 is 2.81 bits per heavy atom. The average Bonchev–Trinajstić information content (AvgIpc) is 2.85. The molecule has 2 aliphatic rings. The molecule has 0 radical (unpaired) electrons. The van der Waals surface area contributed by atoms with Crippen LogP contribution in [0.5, 0.6) is 0 Å². The number of hydrogen-bond acceptors (Lipinski definition) is 9. The van der Waals surface area contributed by atoms with E-state index in [9.17, 15) is 18.5 Å². The summed E-state index contributed by atoms with van der Waals surface area (Å²) >= 11 is 0. The van der Waals surface area contributed by atoms with Gasteiger partial charge in [-0.3, -0.25) is 9.52 Å². The van der Waals surface area contributed by atoms with Gasteiger partial charge in [0.15, 0.2) is 0 Å². The molecule has 36 heavy (non-hydrogen) atoms. The van der Waals surface area contributed by atoms with Crippen molar-refractivity contribution in [3.63, 3.8) is 0 Å². The monoisotopic (exact) mass is 513 g/mol. The van der Waals surface area contributed by atoms with Gasteiger partial charge in [0.25, 0.3) is 5.91 Å². The summed E-state index contributed by atoms with van der Waals surface area (Å²) in [7, 11) is -3.72. The molecule has 0 spiro atoms. The zero-order chi connectivity index (χ0) is 25.5. The number of aromatic nitrogens is 2. The van der Waals surface area contributed by atoms with E-state index in [1.165, 1.54) is 12.1 Å². The molecule has 4 bridgehead atoms. The van der Waals surface area contributed by atoms with Gasteiger partial charge in [0.05, 0.1) is 29.3 Å². The minimum Gasteiger partial charge on any atom is -0.395 e. The maximum Gasteiger partial charge on any atom is 0.258 e. The van der Waals surface area contributed by atoms with Crippen LogP contribution in [0.1, 0.15) is 54.6 Å². The summed E-state index contributed by atoms with van der Waals surface area (Å²) in [5, 5.41) is 24.3. The number of amides is 1. The van der Waals surface area contributed by atoms with Crippen LogP contribution in [-0.4, -0.2) is 61.4 Å². The molecule has 1 aromatic carbocycles. The van der Waals surface area contributed by atoms with Crippen LogP contribution in [0, 0.1) is 17.2 Å². The Morgan fingerprint density at radius 1 is 1.17 bits per heavy atom. The van der Waals surface area contributed by atoms with Gasteiger partial charge in [-0.05, 0) is 49.8 Å². The first-order chi connectivity index (χ1) is 17.4. The number of nitrogens with zero attached hydrogens (tertiary/aromatic N) is 4. The Bertz CT molecular complexity index is 1250. The van der Waals surface area contributed by atoms with E-state index in [2.05, 4.69) is 30.2 Å². The predicted octanol–water partition coefficient (Wildman–Crippen LogP) is 2.54. The Balaban J connectivity index is 1.72. The molecular weight excluding hydrogens is 482 g/mol. The lowest BCUT2D eigenvalue weighted by Crippen LogP contribution is -2.36. The molecular formula is C24H31N7O4S. The lowest BCUT2D eigenvalue weighted by Gasteiger charge is -2.36. The minimum atomic E-state index is -3.72. The molecule has 1 amide bonds. The van der Waals surface area contributed by atoms with Crippen molar-refractivity contribution in [2.45, 2.75) is 38.5 Å². The van der Waals surface area contributed by atoms with Crippen LogP contribution >= 0.6 is 0 Å². The molecule has 4 rings (SSSR count). The minimum absolute atomic E-state index is 0.136. The summed E-state index contributed by atoms with van der Waals surface area (Å²) in [6, 6.07) is 8.20. The van der Waals surface area contributed by atoms with Crippen molar-refractivity contribution in [3.8, 4) is 6.07 Å². The van der Waals surface area contributed by atoms with Crippen molar-refractivity contribution in [2.75, 3.05) is 52.2 Å². The molecule has 1 unspecified atom stereocenters. The lowest BCUT2D eigenvalue weighted by atomic mass is 9.91. The van der Waals surface area contributed by atoms with E-state index in [0.717, 1.165) is 51.6 Å². The molecule has 0 saturated carbocycles. The molecule has 1 aromatic heterocycles. The highest BCUT2D eigenvalue weighted by molar-refractivity contribution is 7.92. The fraction of sp³-hybridized carbons (Fsp3) is 0.500. The second-order valence-electron chi connectivity index (χ2n) is 9.13. The van der Waals surface area contributed by atoms with Gasteiger partial charge in [-0.25, -0.2) is 13.4 Å². The van der Waals surface area contributed by atoms with E-state index < -0.39 is 28.3 Å². The van der Waals surface area contributed by atoms with E-state index in [4.69, 9.17) is 5.11 Å². The third kappa shape index (κ3) is 6.61. The van der Waals surface area contributed by atoms with Crippen molar-refractivity contribution >= 4 is 39.1 Å². The number of aliphatic hydroxyl groups is 1. The van der Waals surface area contributed by atoms with Crippen LogP contribution in [0.2, 0.25) is 0 Å². The van der Waals surface area contributed by atoms with Crippen molar-refractivity contribution in [1.29, 1.82) is 5.26 Å². The molecule has 1 saturated heterocycles. The molecule has 11 nitrogen and oxygen atoms in total. The zero-order valence-corrected chi connectivity index (χ0v) is 20.9. The number of benzene rings is 1. The Morgan fingerprint density at radius 2 is 2.00 bits per heavy atom. The number of sulfonamides is 1. The van der Waals surface area contributed by atoms with Gasteiger partial charge in [0.1, 0.15) is 17.6 Å². The van der Waals surface area contributed by atoms with Gasteiger partial charge in [-0.1, -0.05) is 12.8 Å². The zero-order valence-electron chi connectivity index (χ0n) is 20.0. The predicted molar refractivity (Wildman–Crippen MR) is 138 cm³/mol. The molecule has 12 heteroatoms. The highest BCUT2D eigenvalue weighted by Crippen LogP contribution is 2.32. The number of nitriles is 1. The van der Waals surface area contributed by atoms with Gasteiger partial charge in [-0.15, -0.1) is 0 Å². The van der Waals surface area contributed by atoms with Crippen molar-refractivity contribution < 1.29 is 18.3 Å². The maximum absolute atomic E-state index is 13.4. The van der Waals surface area contributed by atoms with E-state index in [0.29, 0.717) is 29.4 Å². The normalized spacial score (nSPS) is 18.8. The largest absolute Gasteiger partial charge is 0.395 e. The second-order valence-corrected chi connectivity index (χ2v) is 11.0. The van der Waals surface area contributed by atoms with Crippen molar-refractivity contribution in [1.82, 2.24) is 9.97 Å². The SMILES string of the molecule is N#Cc1cc2nc(n1)NCCCCCC1CCCN(C1)c1cc(NS(=O)(=O)CCO)ccc1C(=O)N2. The second kappa shape index (κ2) is 11.5. The summed E-state index contributed by atoms with van der Waals surface area (Å²) in [5.74, 6) is 0.140. The molecule has 4 N–H and O–H groups in total. The van der Waals surface area contributed by atoms with Gasteiger partial charge in [-0.2, -0.15) is 10.2 Å². The fourth-order valence-corrected chi connectivity index (χ4v) is 5.51. The summed E-state index contributed by atoms with van der Waals surface area (Å²) < 4.78 is 27.0. The molecule has 3 heterocycles. The fourth-order valence-electron chi connectivity index (χ4n) is 4.69. The third-order valence-corrected chi connectivity index (χ3v) is 7.66. The Labute approximate surface area is 211 Å². The van der Waals surface area contributed by atoms with Crippen LogP contribution in [0.3, 0.4) is 0 Å². The molecule has 2 aliphatic heterocycles. The molecule has 1 fully saturated rings. The number of nitrogens with one attached hydrogen (secondary N) is 3. The number of rotatable bonds is 4. The highest BCUT2D eigenvalue weighted by Gasteiger charge is 2.25. The van der Waals surface area contributed by atoms with Gasteiger partial charge >= 0.3 is 0 Å². The molecule has 192 valence electrons. The average molecular weight is 514 g/mol. The Hall–Kier alpha value is -3.43. The van der Waals surface area contributed by atoms with Crippen LogP contribution in [0.25, 0.3) is 0 Å². The maximum atomic E-state index is 13.4. The van der Waals surface area contributed by atoms with E-state index >= 15 is 0 Å². The summed E-state index contributed by atoms with van der Waals surface area (Å²) in [6.45, 7) is 1.72. The van der Waals surface area contributed by atoms with E-state index in [1.807, 2.05) is 6.07 Å². The molecule has 0 aliphatic carbocycles. The molecule has 1 atom stereocenters. The number of piperidine rings is 1. The number of aliphatic hydroxyl groups excluding tert-OH is 1. The van der Waals surface area contributed by atoms with E-state index in [1.54, 1.807) is 12.1 Å². The first kappa shape index (κ1) is 25.7. The van der Waals surface area contributed by atoms with Gasteiger partial charge in [0, 0.05) is 25.7 Å². The number of anilines is 4. The topological polar surface area (TPSA) is 160 Å². The van der Waals surface area contributed by atoms with Crippen LogP contribution in [0.15, 0.2) is 24.3 Å². The van der Waals surface area contributed by atoms with Crippen LogP contribution < -0.4 is 20.3 Å². The smallest absolute Gasteiger partial charge is 0.258 e. The highest BCUT2D eigenvalue weighted by atomic mass is 32.2. The van der Waals surface area contributed by atoms with Gasteiger partial charge < -0.3 is 20.6 Å². The number of fused-ring (bicyclic) bond motifs is 6. The van der Waals surface area contributed by atoms with E-state index in [-0.39, 0.29) is 17.5 Å².